The molecule has 4 fully saturated rings. The number of hydrogen-bond acceptors (Lipinski definition) is 2. The lowest BCUT2D eigenvalue weighted by Gasteiger charge is -2.61. The van der Waals surface area contributed by atoms with Crippen LogP contribution in [0.4, 0.5) is 0 Å². The van der Waals surface area contributed by atoms with Crippen LogP contribution >= 0.6 is 0 Å². The number of aliphatic hydroxyl groups excluding tert-OH is 1. The minimum absolute atomic E-state index is 0.168. The number of Topliss-reactive ketones (excluding diaryl/α,β-unsaturated/α-hetero) is 1. The largest absolute Gasteiger partial charge is 0.393 e. The molecule has 0 bridgehead atoms. The van der Waals surface area contributed by atoms with Gasteiger partial charge < -0.3 is 5.11 Å². The van der Waals surface area contributed by atoms with Crippen LogP contribution in [0.2, 0.25) is 0 Å². The van der Waals surface area contributed by atoms with Gasteiger partial charge in [-0.3, -0.25) is 4.79 Å². The van der Waals surface area contributed by atoms with Gasteiger partial charge in [0.25, 0.3) is 0 Å². The Balaban J connectivity index is 1.48. The summed E-state index contributed by atoms with van der Waals surface area (Å²) in [6.07, 6.45) is 14.2. The van der Waals surface area contributed by atoms with Crippen molar-refractivity contribution in [3.8, 4) is 0 Å². The van der Waals surface area contributed by atoms with Crippen molar-refractivity contribution in [2.24, 2.45) is 46.3 Å². The average Bonchev–Trinajstić information content (AvgIpc) is 2.96. The van der Waals surface area contributed by atoms with Crippen LogP contribution in [0.25, 0.3) is 0 Å². The molecular weight excluding hydrogens is 344 g/mol. The van der Waals surface area contributed by atoms with Crippen LogP contribution in [0.5, 0.6) is 0 Å². The summed E-state index contributed by atoms with van der Waals surface area (Å²) in [7, 11) is 0. The van der Waals surface area contributed by atoms with Crippen LogP contribution < -0.4 is 0 Å². The maximum atomic E-state index is 12.1. The highest BCUT2D eigenvalue weighted by Crippen LogP contribution is 2.67. The summed E-state index contributed by atoms with van der Waals surface area (Å²) in [5, 5.41) is 11.3. The zero-order valence-electron chi connectivity index (χ0n) is 18.9. The van der Waals surface area contributed by atoms with Gasteiger partial charge in [0.15, 0.2) is 0 Å². The smallest absolute Gasteiger partial charge is 0.133 e. The third kappa shape index (κ3) is 3.40. The quantitative estimate of drug-likeness (QED) is 0.553. The van der Waals surface area contributed by atoms with Crippen LogP contribution in [0, 0.1) is 46.3 Å². The third-order valence-corrected chi connectivity index (χ3v) is 10.3. The maximum Gasteiger partial charge on any atom is 0.133 e. The molecule has 4 aliphatic carbocycles. The summed E-state index contributed by atoms with van der Waals surface area (Å²) < 4.78 is 0. The first-order valence-electron chi connectivity index (χ1n) is 12.5. The number of ketones is 1. The van der Waals surface area contributed by atoms with E-state index in [0.717, 1.165) is 37.5 Å². The number of hydrogen-bond donors (Lipinski definition) is 1. The van der Waals surface area contributed by atoms with Gasteiger partial charge in [0.1, 0.15) is 5.78 Å². The fourth-order valence-corrected chi connectivity index (χ4v) is 8.54. The van der Waals surface area contributed by atoms with Gasteiger partial charge in [-0.25, -0.2) is 0 Å². The summed E-state index contributed by atoms with van der Waals surface area (Å²) in [6.45, 7) is 9.74. The van der Waals surface area contributed by atoms with Gasteiger partial charge in [0.05, 0.1) is 6.10 Å². The number of aliphatic hydroxyl groups is 1. The van der Waals surface area contributed by atoms with E-state index in [2.05, 4.69) is 27.7 Å². The lowest BCUT2D eigenvalue weighted by molar-refractivity contribution is -0.167. The molecule has 0 radical (unpaired) electrons. The second-order valence-corrected chi connectivity index (χ2v) is 12.0. The molecule has 0 aliphatic heterocycles. The Morgan fingerprint density at radius 2 is 1.79 bits per heavy atom. The Hall–Kier alpha value is -0.370. The van der Waals surface area contributed by atoms with Gasteiger partial charge in [-0.1, -0.05) is 47.0 Å². The van der Waals surface area contributed by atoms with Gasteiger partial charge in [0, 0.05) is 12.8 Å². The monoisotopic (exact) mass is 388 g/mol. The van der Waals surface area contributed by atoms with Crippen molar-refractivity contribution < 1.29 is 9.90 Å². The molecule has 0 heterocycles. The number of rotatable bonds is 5. The molecule has 4 saturated carbocycles. The first kappa shape index (κ1) is 20.9. The molecule has 0 aromatic carbocycles. The third-order valence-electron chi connectivity index (χ3n) is 10.3. The SMILES string of the molecule is CC(C)CCCCC1CCC2C3C(O)CC4CC(=O)CCC4(C)C3CCC12C. The van der Waals surface area contributed by atoms with Gasteiger partial charge in [0.2, 0.25) is 0 Å². The van der Waals surface area contributed by atoms with Crippen molar-refractivity contribution in [3.05, 3.63) is 0 Å². The highest BCUT2D eigenvalue weighted by Gasteiger charge is 2.62. The normalized spacial score (nSPS) is 48.3. The molecule has 2 nitrogen and oxygen atoms in total. The maximum absolute atomic E-state index is 12.1. The Labute approximate surface area is 173 Å². The zero-order valence-corrected chi connectivity index (χ0v) is 18.9. The minimum atomic E-state index is -0.168. The molecule has 160 valence electrons. The van der Waals surface area contributed by atoms with E-state index >= 15 is 0 Å². The number of carbonyl (C=O) groups excluding carboxylic acids is 1. The Morgan fingerprint density at radius 3 is 2.54 bits per heavy atom. The zero-order chi connectivity index (χ0) is 20.1. The lowest BCUT2D eigenvalue weighted by atomic mass is 9.44. The second-order valence-electron chi connectivity index (χ2n) is 12.0. The summed E-state index contributed by atoms with van der Waals surface area (Å²) in [5.41, 5.74) is 0.752. The van der Waals surface area contributed by atoms with Gasteiger partial charge in [-0.05, 0) is 91.3 Å². The van der Waals surface area contributed by atoms with Crippen molar-refractivity contribution in [2.45, 2.75) is 111 Å². The molecule has 4 aliphatic rings. The fraction of sp³-hybridized carbons (Fsp3) is 0.962. The Kier molecular flexibility index (Phi) is 5.75. The predicted octanol–water partition coefficient (Wildman–Crippen LogP) is 6.40. The Morgan fingerprint density at radius 1 is 1.04 bits per heavy atom. The fourth-order valence-electron chi connectivity index (χ4n) is 8.54. The first-order chi connectivity index (χ1) is 13.3. The summed E-state index contributed by atoms with van der Waals surface area (Å²) in [5.74, 6) is 4.43. The van der Waals surface area contributed by atoms with Crippen molar-refractivity contribution >= 4 is 5.78 Å². The molecule has 4 rings (SSSR count). The molecule has 0 spiro atoms. The Bertz CT molecular complexity index is 583. The average molecular weight is 389 g/mol. The van der Waals surface area contributed by atoms with Gasteiger partial charge in [-0.2, -0.15) is 0 Å². The molecule has 0 aromatic rings. The van der Waals surface area contributed by atoms with E-state index in [1.54, 1.807) is 0 Å². The van der Waals surface area contributed by atoms with E-state index < -0.39 is 0 Å². The van der Waals surface area contributed by atoms with Crippen LogP contribution in [0.15, 0.2) is 0 Å². The number of unbranched alkanes of at least 4 members (excludes halogenated alkanes) is 1. The van der Waals surface area contributed by atoms with Crippen molar-refractivity contribution in [1.29, 1.82) is 0 Å². The predicted molar refractivity (Wildman–Crippen MR) is 115 cm³/mol. The summed E-state index contributed by atoms with van der Waals surface area (Å²) >= 11 is 0. The number of fused-ring (bicyclic) bond motifs is 5. The van der Waals surface area contributed by atoms with Gasteiger partial charge >= 0.3 is 0 Å². The van der Waals surface area contributed by atoms with Crippen LogP contribution in [-0.2, 0) is 4.79 Å². The van der Waals surface area contributed by atoms with E-state index in [0.29, 0.717) is 40.3 Å². The topological polar surface area (TPSA) is 37.3 Å². The standard InChI is InChI=1S/C26H44O2/c1-17(2)7-5-6-8-18-9-10-21-24-22(12-14-25(18,21)3)26(4)13-11-20(27)15-19(26)16-23(24)28/h17-19,21-24,28H,5-16H2,1-4H3. The lowest BCUT2D eigenvalue weighted by Crippen LogP contribution is -2.58. The first-order valence-corrected chi connectivity index (χ1v) is 12.5. The van der Waals surface area contributed by atoms with Crippen LogP contribution in [-0.4, -0.2) is 17.0 Å². The molecule has 0 aromatic heterocycles. The highest BCUT2D eigenvalue weighted by atomic mass is 16.3. The summed E-state index contributed by atoms with van der Waals surface area (Å²) in [4.78, 5) is 12.1. The van der Waals surface area contributed by atoms with Crippen LogP contribution in [0.1, 0.15) is 105 Å². The molecule has 0 saturated heterocycles. The molecule has 8 atom stereocenters. The van der Waals surface area contributed by atoms with E-state index in [-0.39, 0.29) is 6.10 Å². The second kappa shape index (κ2) is 7.71. The molecule has 8 unspecified atom stereocenters. The van der Waals surface area contributed by atoms with E-state index in [1.165, 1.54) is 51.4 Å². The van der Waals surface area contributed by atoms with E-state index in [9.17, 15) is 9.90 Å². The van der Waals surface area contributed by atoms with Gasteiger partial charge in [-0.15, -0.1) is 0 Å². The van der Waals surface area contributed by atoms with Crippen molar-refractivity contribution in [1.82, 2.24) is 0 Å². The molecule has 2 heteroatoms. The molecular formula is C26H44O2. The molecule has 28 heavy (non-hydrogen) atoms. The summed E-state index contributed by atoms with van der Waals surface area (Å²) in [6, 6.07) is 0. The van der Waals surface area contributed by atoms with E-state index in [4.69, 9.17) is 0 Å². The van der Waals surface area contributed by atoms with Crippen molar-refractivity contribution in [2.75, 3.05) is 0 Å². The molecule has 1 N–H and O–H groups in total. The molecule has 0 amide bonds. The highest BCUT2D eigenvalue weighted by molar-refractivity contribution is 5.79. The van der Waals surface area contributed by atoms with Crippen molar-refractivity contribution in [3.63, 3.8) is 0 Å². The minimum Gasteiger partial charge on any atom is -0.393 e. The van der Waals surface area contributed by atoms with E-state index in [1.807, 2.05) is 0 Å². The van der Waals surface area contributed by atoms with Crippen LogP contribution in [0.3, 0.4) is 0 Å². The number of carbonyl (C=O) groups is 1.